The highest BCUT2D eigenvalue weighted by Gasteiger charge is 2.16. The van der Waals surface area contributed by atoms with E-state index in [1.54, 1.807) is 22.8 Å². The Bertz CT molecular complexity index is 1040. The van der Waals surface area contributed by atoms with E-state index in [9.17, 15) is 20.2 Å². The molecule has 3 rings (SSSR count). The number of aromatic nitrogens is 2. The van der Waals surface area contributed by atoms with Crippen LogP contribution in [0, 0.1) is 20.2 Å². The SMILES string of the molecule is C/C(=C\c1nc2cc([N+](=O)[O-])ccc2n1Cc1ccc(Cl)cc1)[N+](=O)[O-]. The summed E-state index contributed by atoms with van der Waals surface area (Å²) >= 11 is 5.90. The van der Waals surface area contributed by atoms with Crippen molar-refractivity contribution in [1.82, 2.24) is 9.55 Å². The summed E-state index contributed by atoms with van der Waals surface area (Å²) in [6, 6.07) is 11.5. The summed E-state index contributed by atoms with van der Waals surface area (Å²) < 4.78 is 1.77. The van der Waals surface area contributed by atoms with Crippen molar-refractivity contribution < 1.29 is 9.85 Å². The van der Waals surface area contributed by atoms with E-state index in [1.165, 1.54) is 25.1 Å². The predicted octanol–water partition coefficient (Wildman–Crippen LogP) is 4.28. The number of fused-ring (bicyclic) bond motifs is 1. The first kappa shape index (κ1) is 17.6. The largest absolute Gasteiger partial charge is 0.320 e. The Balaban J connectivity index is 2.15. The van der Waals surface area contributed by atoms with Gasteiger partial charge in [0.2, 0.25) is 5.70 Å². The highest BCUT2D eigenvalue weighted by atomic mass is 35.5. The van der Waals surface area contributed by atoms with Crippen LogP contribution >= 0.6 is 11.6 Å². The first-order chi connectivity index (χ1) is 12.3. The van der Waals surface area contributed by atoms with Crippen LogP contribution in [0.15, 0.2) is 48.2 Å². The molecule has 1 heterocycles. The molecule has 9 heteroatoms. The Morgan fingerprint density at radius 1 is 1.19 bits per heavy atom. The lowest BCUT2D eigenvalue weighted by Gasteiger charge is -2.07. The van der Waals surface area contributed by atoms with Crippen LogP contribution in [-0.2, 0) is 6.54 Å². The van der Waals surface area contributed by atoms with Crippen LogP contribution in [0.1, 0.15) is 18.3 Å². The molecule has 0 N–H and O–H groups in total. The molecule has 0 spiro atoms. The Hall–Kier alpha value is -3.26. The lowest BCUT2D eigenvalue weighted by Crippen LogP contribution is -2.03. The minimum absolute atomic E-state index is 0.0767. The highest BCUT2D eigenvalue weighted by Crippen LogP contribution is 2.24. The molecule has 2 aromatic carbocycles. The van der Waals surface area contributed by atoms with E-state index in [4.69, 9.17) is 11.6 Å². The molecule has 26 heavy (non-hydrogen) atoms. The summed E-state index contributed by atoms with van der Waals surface area (Å²) in [7, 11) is 0. The zero-order valence-corrected chi connectivity index (χ0v) is 14.4. The standard InChI is InChI=1S/C17H13ClN4O4/c1-11(21(23)24)8-17-19-15-9-14(22(25)26)6-7-16(15)20(17)10-12-2-4-13(18)5-3-12/h2-9H,10H2,1H3/b11-8+. The Labute approximate surface area is 152 Å². The van der Waals surface area contributed by atoms with Gasteiger partial charge in [0.1, 0.15) is 5.82 Å². The van der Waals surface area contributed by atoms with Crippen molar-refractivity contribution in [3.8, 4) is 0 Å². The first-order valence-corrected chi connectivity index (χ1v) is 7.95. The van der Waals surface area contributed by atoms with Gasteiger partial charge >= 0.3 is 0 Å². The number of benzene rings is 2. The van der Waals surface area contributed by atoms with E-state index in [0.717, 1.165) is 5.56 Å². The van der Waals surface area contributed by atoms with E-state index in [2.05, 4.69) is 4.98 Å². The van der Waals surface area contributed by atoms with Gasteiger partial charge in [-0.25, -0.2) is 4.98 Å². The van der Waals surface area contributed by atoms with Gasteiger partial charge < -0.3 is 4.57 Å². The molecule has 132 valence electrons. The fraction of sp³-hybridized carbons (Fsp3) is 0.118. The molecule has 3 aromatic rings. The third kappa shape index (κ3) is 3.55. The molecule has 0 atom stereocenters. The van der Waals surface area contributed by atoms with Crippen molar-refractivity contribution >= 4 is 34.4 Å². The Morgan fingerprint density at radius 3 is 2.50 bits per heavy atom. The van der Waals surface area contributed by atoms with Crippen LogP contribution in [0.2, 0.25) is 5.02 Å². The molecule has 0 radical (unpaired) electrons. The normalized spacial score (nSPS) is 11.7. The van der Waals surface area contributed by atoms with Gasteiger partial charge in [-0.3, -0.25) is 20.2 Å². The van der Waals surface area contributed by atoms with E-state index < -0.39 is 9.85 Å². The summed E-state index contributed by atoms with van der Waals surface area (Å²) in [4.78, 5) is 25.3. The number of halogens is 1. The lowest BCUT2D eigenvalue weighted by atomic mass is 10.2. The van der Waals surface area contributed by atoms with Crippen LogP contribution in [-0.4, -0.2) is 19.4 Å². The maximum atomic E-state index is 11.0. The molecule has 0 amide bonds. The monoisotopic (exact) mass is 372 g/mol. The minimum atomic E-state index is -0.506. The Kier molecular flexibility index (Phi) is 4.68. The molecule has 0 unspecified atom stereocenters. The zero-order chi connectivity index (χ0) is 18.8. The van der Waals surface area contributed by atoms with E-state index in [1.807, 2.05) is 12.1 Å². The van der Waals surface area contributed by atoms with Crippen molar-refractivity contribution in [3.05, 3.63) is 84.8 Å². The number of nitrogens with zero attached hydrogens (tertiary/aromatic N) is 4. The van der Waals surface area contributed by atoms with Crippen LogP contribution in [0.3, 0.4) is 0 Å². The minimum Gasteiger partial charge on any atom is -0.320 e. The van der Waals surface area contributed by atoms with Crippen LogP contribution in [0.4, 0.5) is 5.69 Å². The van der Waals surface area contributed by atoms with Gasteiger partial charge in [0, 0.05) is 30.6 Å². The summed E-state index contributed by atoms with van der Waals surface area (Å²) in [5, 5.41) is 22.6. The molecule has 0 aliphatic heterocycles. The summed E-state index contributed by atoms with van der Waals surface area (Å²) in [6.45, 7) is 1.76. The fourth-order valence-corrected chi connectivity index (χ4v) is 2.66. The van der Waals surface area contributed by atoms with Gasteiger partial charge in [-0.2, -0.15) is 0 Å². The van der Waals surface area contributed by atoms with Crippen molar-refractivity contribution in [1.29, 1.82) is 0 Å². The molecular weight excluding hydrogens is 360 g/mol. The van der Waals surface area contributed by atoms with Gasteiger partial charge in [0.05, 0.1) is 27.0 Å². The van der Waals surface area contributed by atoms with Crippen LogP contribution in [0.25, 0.3) is 17.1 Å². The zero-order valence-electron chi connectivity index (χ0n) is 13.6. The second-order valence-electron chi connectivity index (χ2n) is 5.66. The van der Waals surface area contributed by atoms with Crippen molar-refractivity contribution in [2.75, 3.05) is 0 Å². The highest BCUT2D eigenvalue weighted by molar-refractivity contribution is 6.30. The maximum Gasteiger partial charge on any atom is 0.271 e. The number of imidazole rings is 1. The number of nitro groups is 2. The average molecular weight is 373 g/mol. The van der Waals surface area contributed by atoms with Gasteiger partial charge in [0.25, 0.3) is 5.69 Å². The molecule has 0 bridgehead atoms. The molecule has 0 aliphatic rings. The third-order valence-electron chi connectivity index (χ3n) is 3.85. The maximum absolute atomic E-state index is 11.0. The second kappa shape index (κ2) is 6.93. The number of hydrogen-bond donors (Lipinski definition) is 0. The van der Waals surface area contributed by atoms with E-state index in [0.29, 0.717) is 28.4 Å². The number of non-ortho nitro benzene ring substituents is 1. The summed E-state index contributed by atoms with van der Waals surface area (Å²) in [5.74, 6) is 0.352. The van der Waals surface area contributed by atoms with Gasteiger partial charge in [-0.1, -0.05) is 23.7 Å². The molecule has 0 saturated heterocycles. The molecule has 8 nitrogen and oxygen atoms in total. The molecular formula is C17H13ClN4O4. The third-order valence-corrected chi connectivity index (χ3v) is 4.10. The van der Waals surface area contributed by atoms with Crippen LogP contribution in [0.5, 0.6) is 0 Å². The smallest absolute Gasteiger partial charge is 0.271 e. The van der Waals surface area contributed by atoms with Gasteiger partial charge in [-0.15, -0.1) is 0 Å². The number of allylic oxidation sites excluding steroid dienone is 1. The van der Waals surface area contributed by atoms with Crippen molar-refractivity contribution in [2.45, 2.75) is 13.5 Å². The van der Waals surface area contributed by atoms with Crippen LogP contribution < -0.4 is 0 Å². The molecule has 0 fully saturated rings. The second-order valence-corrected chi connectivity index (χ2v) is 6.09. The van der Waals surface area contributed by atoms with E-state index in [-0.39, 0.29) is 11.4 Å². The summed E-state index contributed by atoms with van der Waals surface area (Å²) in [6.07, 6.45) is 1.35. The quantitative estimate of drug-likeness (QED) is 0.491. The number of nitro benzene ring substituents is 1. The lowest BCUT2D eigenvalue weighted by molar-refractivity contribution is -0.422. The predicted molar refractivity (Wildman–Crippen MR) is 97.6 cm³/mol. The van der Waals surface area contributed by atoms with Gasteiger partial charge in [0.15, 0.2) is 0 Å². The fourth-order valence-electron chi connectivity index (χ4n) is 2.54. The molecule has 1 aromatic heterocycles. The topological polar surface area (TPSA) is 104 Å². The Morgan fingerprint density at radius 2 is 1.88 bits per heavy atom. The number of rotatable bonds is 5. The number of hydrogen-bond acceptors (Lipinski definition) is 5. The molecule has 0 aliphatic carbocycles. The van der Waals surface area contributed by atoms with Crippen molar-refractivity contribution in [3.63, 3.8) is 0 Å². The average Bonchev–Trinajstić information content (AvgIpc) is 2.93. The summed E-state index contributed by atoms with van der Waals surface area (Å²) in [5.41, 5.74) is 1.80. The van der Waals surface area contributed by atoms with Crippen molar-refractivity contribution in [2.24, 2.45) is 0 Å². The molecule has 0 saturated carbocycles. The van der Waals surface area contributed by atoms with E-state index >= 15 is 0 Å². The first-order valence-electron chi connectivity index (χ1n) is 7.57. The van der Waals surface area contributed by atoms with Gasteiger partial charge in [-0.05, 0) is 23.8 Å².